The molecule has 1 atom stereocenters. The molecule has 2 saturated heterocycles. The van der Waals surface area contributed by atoms with E-state index in [1.54, 1.807) is 5.56 Å². The van der Waals surface area contributed by atoms with Gasteiger partial charge in [-0.15, -0.1) is 0 Å². The standard InChI is InChI=1S/C20H32S2.2CHF3O3S/c1-20(2,3)18-10-8-17(9-11-18)19(22-14-6-7-15-22)16-21-12-4-5-13-21;2*2-1(3,4)8(5,6)7/h8-11,19H,4-7,12-16H2,1-3H3;2*(H,5,6,7)/q+2;;/p-2. The Morgan fingerprint density at radius 2 is 1.08 bits per heavy atom. The van der Waals surface area contributed by atoms with Gasteiger partial charge in [0.1, 0.15) is 23.0 Å². The van der Waals surface area contributed by atoms with Gasteiger partial charge in [0.2, 0.25) is 0 Å². The fourth-order valence-corrected chi connectivity index (χ4v) is 9.83. The van der Waals surface area contributed by atoms with Crippen molar-refractivity contribution in [1.82, 2.24) is 0 Å². The number of alkyl halides is 6. The fourth-order valence-electron chi connectivity index (χ4n) is 3.64. The molecule has 0 spiro atoms. The molecule has 222 valence electrons. The molecule has 0 N–H and O–H groups in total. The summed E-state index contributed by atoms with van der Waals surface area (Å²) in [6, 6.07) is 9.74. The summed E-state index contributed by atoms with van der Waals surface area (Å²) in [6.45, 7) is 6.95. The summed E-state index contributed by atoms with van der Waals surface area (Å²) in [7, 11) is -10.8. The number of hydrogen-bond acceptors (Lipinski definition) is 6. The second-order valence-corrected chi connectivity index (χ2v) is 17.3. The summed E-state index contributed by atoms with van der Waals surface area (Å²) in [6.07, 6.45) is 5.94. The summed E-state index contributed by atoms with van der Waals surface area (Å²) in [5.74, 6) is 7.55. The number of benzene rings is 1. The molecular weight excluding hydrogens is 602 g/mol. The normalized spacial score (nSPS) is 18.8. The molecule has 2 aliphatic heterocycles. The average Bonchev–Trinajstić information content (AvgIpc) is 3.44. The first-order chi connectivity index (χ1) is 17.0. The monoisotopic (exact) mass is 634 g/mol. The molecule has 0 aliphatic carbocycles. The first kappa shape index (κ1) is 35.3. The van der Waals surface area contributed by atoms with Gasteiger partial charge in [-0.1, -0.05) is 45.0 Å². The third-order valence-corrected chi connectivity index (χ3v) is 12.4. The minimum Gasteiger partial charge on any atom is -0.741 e. The van der Waals surface area contributed by atoms with Crippen LogP contribution in [0.5, 0.6) is 0 Å². The highest BCUT2D eigenvalue weighted by molar-refractivity contribution is 8.00. The van der Waals surface area contributed by atoms with Gasteiger partial charge in [0.15, 0.2) is 31.2 Å². The highest BCUT2D eigenvalue weighted by atomic mass is 32.2. The maximum Gasteiger partial charge on any atom is 0.485 e. The van der Waals surface area contributed by atoms with E-state index in [0.29, 0.717) is 10.9 Å². The molecule has 0 aromatic heterocycles. The quantitative estimate of drug-likeness (QED) is 0.200. The van der Waals surface area contributed by atoms with Gasteiger partial charge in [-0.05, 0) is 58.5 Å². The fraction of sp³-hybridized carbons (Fsp3) is 0.727. The molecule has 2 aliphatic rings. The van der Waals surface area contributed by atoms with E-state index < -0.39 is 31.3 Å². The van der Waals surface area contributed by atoms with Crippen molar-refractivity contribution in [3.05, 3.63) is 35.4 Å². The molecule has 6 nitrogen and oxygen atoms in total. The lowest BCUT2D eigenvalue weighted by Crippen LogP contribution is -2.25. The van der Waals surface area contributed by atoms with E-state index in [9.17, 15) is 26.3 Å². The lowest BCUT2D eigenvalue weighted by molar-refractivity contribution is -0.0522. The zero-order chi connectivity index (χ0) is 29.6. The van der Waals surface area contributed by atoms with E-state index in [0.717, 1.165) is 16.1 Å². The molecule has 1 aromatic carbocycles. The highest BCUT2D eigenvalue weighted by Gasteiger charge is 2.41. The van der Waals surface area contributed by atoms with Crippen LogP contribution in [0.2, 0.25) is 0 Å². The zero-order valence-corrected chi connectivity index (χ0v) is 24.4. The summed E-state index contributed by atoms with van der Waals surface area (Å²) >= 11 is 0. The Labute approximate surface area is 226 Å². The van der Waals surface area contributed by atoms with Gasteiger partial charge in [0.25, 0.3) is 0 Å². The summed E-state index contributed by atoms with van der Waals surface area (Å²) in [5.41, 5.74) is -7.89. The van der Waals surface area contributed by atoms with Crippen LogP contribution < -0.4 is 0 Å². The number of rotatable bonds is 4. The van der Waals surface area contributed by atoms with Gasteiger partial charge < -0.3 is 9.11 Å². The lowest BCUT2D eigenvalue weighted by atomic mass is 9.86. The van der Waals surface area contributed by atoms with Crippen molar-refractivity contribution in [3.63, 3.8) is 0 Å². The van der Waals surface area contributed by atoms with Gasteiger partial charge in [-0.25, -0.2) is 16.8 Å². The summed E-state index contributed by atoms with van der Waals surface area (Å²) < 4.78 is 118. The molecule has 3 rings (SSSR count). The molecule has 0 saturated carbocycles. The molecule has 0 amide bonds. The predicted molar refractivity (Wildman–Crippen MR) is 137 cm³/mol. The van der Waals surface area contributed by atoms with Gasteiger partial charge in [-0.2, -0.15) is 26.3 Å². The molecule has 38 heavy (non-hydrogen) atoms. The lowest BCUT2D eigenvalue weighted by Gasteiger charge is -2.21. The van der Waals surface area contributed by atoms with Gasteiger partial charge in [0, 0.05) is 5.56 Å². The van der Waals surface area contributed by atoms with Crippen LogP contribution in [0.15, 0.2) is 24.3 Å². The van der Waals surface area contributed by atoms with Crippen LogP contribution in [-0.2, 0) is 47.4 Å². The second-order valence-electron chi connectivity index (χ2n) is 9.71. The largest absolute Gasteiger partial charge is 0.741 e. The van der Waals surface area contributed by atoms with Crippen LogP contribution in [0.4, 0.5) is 26.3 Å². The van der Waals surface area contributed by atoms with Crippen LogP contribution in [0.3, 0.4) is 0 Å². The Bertz CT molecular complexity index is 1030. The molecule has 1 aromatic rings. The SMILES string of the molecule is CC(C)(C)c1ccc(C(C[S+]2CCCC2)[S+]2CCCC2)cc1.O=S(=O)([O-])C(F)(F)F.O=S(=O)([O-])C(F)(F)F. The van der Waals surface area contributed by atoms with E-state index in [-0.39, 0.29) is 5.41 Å². The van der Waals surface area contributed by atoms with Crippen LogP contribution in [0.1, 0.15) is 62.8 Å². The van der Waals surface area contributed by atoms with Crippen LogP contribution in [0, 0.1) is 0 Å². The van der Waals surface area contributed by atoms with Crippen molar-refractivity contribution in [2.45, 2.75) is 68.1 Å². The predicted octanol–water partition coefficient (Wildman–Crippen LogP) is 4.95. The minimum atomic E-state index is -6.09. The third kappa shape index (κ3) is 11.8. The molecule has 1 unspecified atom stereocenters. The topological polar surface area (TPSA) is 114 Å². The Morgan fingerprint density at radius 3 is 1.39 bits per heavy atom. The Hall–Kier alpha value is -0.680. The number of halogens is 6. The smallest absolute Gasteiger partial charge is 0.485 e. The summed E-state index contributed by atoms with van der Waals surface area (Å²) in [4.78, 5) is 0. The van der Waals surface area contributed by atoms with E-state index in [2.05, 4.69) is 45.0 Å². The van der Waals surface area contributed by atoms with E-state index in [1.165, 1.54) is 60.0 Å². The second kappa shape index (κ2) is 13.8. The zero-order valence-electron chi connectivity index (χ0n) is 21.1. The molecule has 2 heterocycles. The maximum absolute atomic E-state index is 10.7. The van der Waals surface area contributed by atoms with Crippen molar-refractivity contribution in [1.29, 1.82) is 0 Å². The Balaban J connectivity index is 0.000000374. The van der Waals surface area contributed by atoms with Crippen molar-refractivity contribution in [2.75, 3.05) is 28.8 Å². The minimum absolute atomic E-state index is 0.275. The van der Waals surface area contributed by atoms with Crippen LogP contribution in [0.25, 0.3) is 0 Å². The molecule has 0 bridgehead atoms. The molecule has 2 fully saturated rings. The first-order valence-electron chi connectivity index (χ1n) is 11.5. The Kier molecular flexibility index (Phi) is 12.8. The van der Waals surface area contributed by atoms with Gasteiger partial charge >= 0.3 is 11.0 Å². The van der Waals surface area contributed by atoms with Gasteiger partial charge in [-0.3, -0.25) is 0 Å². The first-order valence-corrected chi connectivity index (χ1v) is 17.7. The van der Waals surface area contributed by atoms with Crippen LogP contribution in [-0.4, -0.2) is 65.7 Å². The third-order valence-electron chi connectivity index (χ3n) is 5.68. The van der Waals surface area contributed by atoms with Gasteiger partial charge in [0.05, 0.1) is 0 Å². The summed E-state index contributed by atoms with van der Waals surface area (Å²) in [5, 5.41) is 0.873. The van der Waals surface area contributed by atoms with Crippen molar-refractivity contribution in [2.24, 2.45) is 0 Å². The van der Waals surface area contributed by atoms with Crippen molar-refractivity contribution >= 4 is 42.0 Å². The molecular formula is C22H32F6O6S4. The van der Waals surface area contributed by atoms with Crippen molar-refractivity contribution in [3.8, 4) is 0 Å². The van der Waals surface area contributed by atoms with E-state index in [1.807, 2.05) is 0 Å². The maximum atomic E-state index is 10.7. The molecule has 16 heteroatoms. The Morgan fingerprint density at radius 1 is 0.737 bits per heavy atom. The highest BCUT2D eigenvalue weighted by Crippen LogP contribution is 2.35. The van der Waals surface area contributed by atoms with E-state index >= 15 is 0 Å². The van der Waals surface area contributed by atoms with Crippen molar-refractivity contribution < 1.29 is 52.3 Å². The average molecular weight is 635 g/mol. The molecule has 0 radical (unpaired) electrons. The van der Waals surface area contributed by atoms with Crippen LogP contribution >= 0.6 is 0 Å². The number of hydrogen-bond donors (Lipinski definition) is 0. The van der Waals surface area contributed by atoms with E-state index in [4.69, 9.17) is 25.9 Å².